The molecule has 1 aliphatic heterocycles. The average molecular weight is 517 g/mol. The van der Waals surface area contributed by atoms with Crippen LogP contribution in [0.5, 0.6) is 5.75 Å². The van der Waals surface area contributed by atoms with Gasteiger partial charge in [0.05, 0.1) is 24.7 Å². The van der Waals surface area contributed by atoms with Gasteiger partial charge in [0.25, 0.3) is 0 Å². The monoisotopic (exact) mass is 516 g/mol. The first-order valence-corrected chi connectivity index (χ1v) is 13.0. The van der Waals surface area contributed by atoms with E-state index in [2.05, 4.69) is 25.6 Å². The maximum Gasteiger partial charge on any atom is 0.343 e. The highest BCUT2D eigenvalue weighted by Gasteiger charge is 2.21. The van der Waals surface area contributed by atoms with Crippen molar-refractivity contribution >= 4 is 23.0 Å². The lowest BCUT2D eigenvalue weighted by atomic mass is 10.0. The molecular weight excluding hydrogens is 483 g/mol. The number of hydrogen-bond acceptors (Lipinski definition) is 6. The fourth-order valence-electron chi connectivity index (χ4n) is 4.84. The Morgan fingerprint density at radius 3 is 2.45 bits per heavy atom. The number of nitrogens with zero attached hydrogens (tertiary/aromatic N) is 3. The number of rotatable bonds is 10. The number of fused-ring (bicyclic) bond motifs is 1. The zero-order valence-corrected chi connectivity index (χ0v) is 21.6. The van der Waals surface area contributed by atoms with Crippen LogP contribution >= 0.6 is 0 Å². The minimum Gasteiger partial charge on any atom is -0.482 e. The molecule has 0 bridgehead atoms. The average Bonchev–Trinajstić information content (AvgIpc) is 3.29. The number of aromatic nitrogens is 2. The van der Waals surface area contributed by atoms with E-state index in [-0.39, 0.29) is 12.4 Å². The molecule has 8 heteroatoms. The van der Waals surface area contributed by atoms with Crippen molar-refractivity contribution in [2.24, 2.45) is 0 Å². The molecule has 1 N–H and O–H groups in total. The largest absolute Gasteiger partial charge is 0.482 e. The SMILES string of the molecule is COC(=O)COc1ccc(CCN2CCC(Nc3nc4ccccc4n3Cc3ccc(F)cc3)CC2)cc1. The first kappa shape index (κ1) is 25.7. The van der Waals surface area contributed by atoms with Gasteiger partial charge in [0.15, 0.2) is 6.61 Å². The van der Waals surface area contributed by atoms with Crippen LogP contribution in [0.3, 0.4) is 0 Å². The van der Waals surface area contributed by atoms with E-state index in [1.54, 1.807) is 0 Å². The maximum absolute atomic E-state index is 13.4. The third kappa shape index (κ3) is 6.50. The second kappa shape index (κ2) is 12.1. The Hall–Kier alpha value is -3.91. The van der Waals surface area contributed by atoms with Crippen molar-refractivity contribution in [1.29, 1.82) is 0 Å². The van der Waals surface area contributed by atoms with Gasteiger partial charge in [-0.25, -0.2) is 14.2 Å². The molecule has 0 amide bonds. The molecule has 38 heavy (non-hydrogen) atoms. The van der Waals surface area contributed by atoms with Gasteiger partial charge in [-0.05, 0) is 66.8 Å². The van der Waals surface area contributed by atoms with Crippen LogP contribution in [0, 0.1) is 5.82 Å². The zero-order valence-electron chi connectivity index (χ0n) is 21.6. The van der Waals surface area contributed by atoms with Crippen LogP contribution in [-0.4, -0.2) is 59.8 Å². The van der Waals surface area contributed by atoms with Gasteiger partial charge < -0.3 is 24.3 Å². The van der Waals surface area contributed by atoms with Crippen LogP contribution in [0.25, 0.3) is 11.0 Å². The fourth-order valence-corrected chi connectivity index (χ4v) is 4.84. The summed E-state index contributed by atoms with van der Waals surface area (Å²) in [4.78, 5) is 18.6. The van der Waals surface area contributed by atoms with Crippen LogP contribution in [0.15, 0.2) is 72.8 Å². The molecule has 0 atom stereocenters. The topological polar surface area (TPSA) is 68.6 Å². The summed E-state index contributed by atoms with van der Waals surface area (Å²) in [5.41, 5.74) is 4.30. The Labute approximate surface area is 222 Å². The molecule has 0 radical (unpaired) electrons. The van der Waals surface area contributed by atoms with Crippen LogP contribution in [0.2, 0.25) is 0 Å². The Balaban J connectivity index is 1.14. The van der Waals surface area contributed by atoms with Crippen molar-refractivity contribution in [3.05, 3.63) is 89.7 Å². The van der Waals surface area contributed by atoms with Gasteiger partial charge in [0.1, 0.15) is 11.6 Å². The number of piperidine rings is 1. The van der Waals surface area contributed by atoms with E-state index in [1.807, 2.05) is 54.6 Å². The van der Waals surface area contributed by atoms with Crippen LogP contribution < -0.4 is 10.1 Å². The second-order valence-electron chi connectivity index (χ2n) is 9.66. The molecule has 4 aromatic rings. The quantitative estimate of drug-likeness (QED) is 0.303. The number of nitrogens with one attached hydrogen (secondary N) is 1. The lowest BCUT2D eigenvalue weighted by Gasteiger charge is -2.32. The molecule has 1 aliphatic rings. The molecule has 0 saturated carbocycles. The van der Waals surface area contributed by atoms with Crippen molar-refractivity contribution < 1.29 is 18.7 Å². The number of likely N-dealkylation sites (tertiary alicyclic amines) is 1. The van der Waals surface area contributed by atoms with Gasteiger partial charge in [0.2, 0.25) is 5.95 Å². The van der Waals surface area contributed by atoms with Crippen molar-refractivity contribution in [1.82, 2.24) is 14.5 Å². The van der Waals surface area contributed by atoms with E-state index in [0.717, 1.165) is 61.4 Å². The Kier molecular flexibility index (Phi) is 8.19. The smallest absolute Gasteiger partial charge is 0.343 e. The number of esters is 1. The van der Waals surface area contributed by atoms with Gasteiger partial charge in [-0.15, -0.1) is 0 Å². The van der Waals surface area contributed by atoms with Gasteiger partial charge in [-0.2, -0.15) is 0 Å². The number of hydrogen-bond donors (Lipinski definition) is 1. The lowest BCUT2D eigenvalue weighted by molar-refractivity contribution is -0.142. The molecule has 1 aromatic heterocycles. The maximum atomic E-state index is 13.4. The Bertz CT molecular complexity index is 1350. The minimum atomic E-state index is -0.392. The molecule has 7 nitrogen and oxygen atoms in total. The molecule has 2 heterocycles. The number of methoxy groups -OCH3 is 1. The predicted molar refractivity (Wildman–Crippen MR) is 146 cm³/mol. The third-order valence-corrected chi connectivity index (χ3v) is 7.05. The Morgan fingerprint density at radius 2 is 1.71 bits per heavy atom. The van der Waals surface area contributed by atoms with Gasteiger partial charge >= 0.3 is 5.97 Å². The summed E-state index contributed by atoms with van der Waals surface area (Å²) in [6.45, 7) is 3.60. The summed E-state index contributed by atoms with van der Waals surface area (Å²) in [7, 11) is 1.35. The number of para-hydroxylation sites is 2. The fraction of sp³-hybridized carbons (Fsp3) is 0.333. The molecule has 3 aromatic carbocycles. The molecule has 0 aliphatic carbocycles. The van der Waals surface area contributed by atoms with Gasteiger partial charge in [-0.3, -0.25) is 0 Å². The number of carbonyl (C=O) groups excluding carboxylic acids is 1. The zero-order chi connectivity index (χ0) is 26.3. The minimum absolute atomic E-state index is 0.0820. The summed E-state index contributed by atoms with van der Waals surface area (Å²) in [5, 5.41) is 3.70. The standard InChI is InChI=1S/C30H33FN4O3/c1-37-29(36)21-38-26-12-8-22(9-13-26)14-17-34-18-15-25(16-19-34)32-30-33-27-4-2-3-5-28(27)35(30)20-23-6-10-24(31)11-7-23/h2-13,25H,14-21H2,1H3,(H,32,33). The molecule has 198 valence electrons. The number of imidazole rings is 1. The van der Waals surface area contributed by atoms with E-state index < -0.39 is 5.97 Å². The highest BCUT2D eigenvalue weighted by molar-refractivity contribution is 5.78. The van der Waals surface area contributed by atoms with Crippen LogP contribution in [-0.2, 0) is 22.5 Å². The summed E-state index contributed by atoms with van der Waals surface area (Å²) in [5.74, 6) is 0.910. The van der Waals surface area contributed by atoms with Crippen LogP contribution in [0.1, 0.15) is 24.0 Å². The van der Waals surface area contributed by atoms with E-state index in [0.29, 0.717) is 18.3 Å². The number of halogens is 1. The summed E-state index contributed by atoms with van der Waals surface area (Å²) >= 11 is 0. The van der Waals surface area contributed by atoms with Gasteiger partial charge in [-0.1, -0.05) is 36.4 Å². The van der Waals surface area contributed by atoms with E-state index in [9.17, 15) is 9.18 Å². The molecular formula is C30H33FN4O3. The first-order chi connectivity index (χ1) is 18.6. The molecule has 5 rings (SSSR count). The summed E-state index contributed by atoms with van der Waals surface area (Å²) < 4.78 is 25.6. The second-order valence-corrected chi connectivity index (χ2v) is 9.66. The molecule has 1 saturated heterocycles. The number of anilines is 1. The summed E-state index contributed by atoms with van der Waals surface area (Å²) in [6, 6.07) is 23.0. The Morgan fingerprint density at radius 1 is 1.00 bits per heavy atom. The molecule has 0 unspecified atom stereocenters. The first-order valence-electron chi connectivity index (χ1n) is 13.0. The predicted octanol–water partition coefficient (Wildman–Crippen LogP) is 4.89. The normalized spacial score (nSPS) is 14.5. The van der Waals surface area contributed by atoms with E-state index in [4.69, 9.17) is 9.72 Å². The highest BCUT2D eigenvalue weighted by atomic mass is 19.1. The number of ether oxygens (including phenoxy) is 2. The van der Waals surface area contributed by atoms with Crippen molar-refractivity contribution in [2.45, 2.75) is 31.8 Å². The van der Waals surface area contributed by atoms with Crippen molar-refractivity contribution in [2.75, 3.05) is 38.7 Å². The van der Waals surface area contributed by atoms with Gasteiger partial charge in [0, 0.05) is 25.7 Å². The summed E-state index contributed by atoms with van der Waals surface area (Å²) in [6.07, 6.45) is 3.04. The lowest BCUT2D eigenvalue weighted by Crippen LogP contribution is -2.40. The van der Waals surface area contributed by atoms with E-state index >= 15 is 0 Å². The van der Waals surface area contributed by atoms with Crippen molar-refractivity contribution in [3.8, 4) is 5.75 Å². The third-order valence-electron chi connectivity index (χ3n) is 7.05. The van der Waals surface area contributed by atoms with E-state index in [1.165, 1.54) is 24.8 Å². The number of carbonyl (C=O) groups is 1. The highest BCUT2D eigenvalue weighted by Crippen LogP contribution is 2.24. The van der Waals surface area contributed by atoms with Crippen molar-refractivity contribution in [3.63, 3.8) is 0 Å². The molecule has 1 fully saturated rings. The number of benzene rings is 3. The van der Waals surface area contributed by atoms with Crippen LogP contribution in [0.4, 0.5) is 10.3 Å². The molecule has 0 spiro atoms.